The monoisotopic (exact) mass is 232 g/mol. The van der Waals surface area contributed by atoms with Gasteiger partial charge in [-0.25, -0.2) is 0 Å². The van der Waals surface area contributed by atoms with Crippen molar-refractivity contribution in [1.29, 1.82) is 0 Å². The van der Waals surface area contributed by atoms with Crippen LogP contribution in [0, 0.1) is 0 Å². The summed E-state index contributed by atoms with van der Waals surface area (Å²) in [5.74, 6) is 0. The fourth-order valence-corrected chi connectivity index (χ4v) is 1.84. The average molecular weight is 233 g/mol. The lowest BCUT2D eigenvalue weighted by molar-refractivity contribution is 0.875. The Morgan fingerprint density at radius 1 is 1.00 bits per heavy atom. The van der Waals surface area contributed by atoms with Gasteiger partial charge < -0.3 is 11.5 Å². The summed E-state index contributed by atoms with van der Waals surface area (Å²) >= 11 is 5.94. The van der Waals surface area contributed by atoms with Gasteiger partial charge in [-0.1, -0.05) is 41.9 Å². The van der Waals surface area contributed by atoms with E-state index in [4.69, 9.17) is 23.1 Å². The summed E-state index contributed by atoms with van der Waals surface area (Å²) in [4.78, 5) is 0. The van der Waals surface area contributed by atoms with Gasteiger partial charge in [-0.3, -0.25) is 0 Å². The van der Waals surface area contributed by atoms with E-state index < -0.39 is 0 Å². The second-order valence-corrected chi connectivity index (χ2v) is 4.10. The van der Waals surface area contributed by atoms with Crippen molar-refractivity contribution in [2.24, 2.45) is 5.73 Å². The second-order valence-electron chi connectivity index (χ2n) is 3.66. The molecule has 0 fully saturated rings. The van der Waals surface area contributed by atoms with Gasteiger partial charge in [0.2, 0.25) is 0 Å². The highest BCUT2D eigenvalue weighted by Gasteiger charge is 2.11. The normalized spacial score (nSPS) is 12.4. The van der Waals surface area contributed by atoms with E-state index in [1.165, 1.54) is 0 Å². The summed E-state index contributed by atoms with van der Waals surface area (Å²) in [6, 6.07) is 14.9. The van der Waals surface area contributed by atoms with Crippen LogP contribution in [0.3, 0.4) is 0 Å². The van der Waals surface area contributed by atoms with Crippen LogP contribution in [0.5, 0.6) is 0 Å². The summed E-state index contributed by atoms with van der Waals surface area (Å²) in [7, 11) is 0. The first kappa shape index (κ1) is 11.0. The maximum Gasteiger partial charge on any atom is 0.0572 e. The minimum Gasteiger partial charge on any atom is -0.398 e. The molecule has 0 aliphatic rings. The van der Waals surface area contributed by atoms with Gasteiger partial charge >= 0.3 is 0 Å². The summed E-state index contributed by atoms with van der Waals surface area (Å²) in [6.07, 6.45) is 0. The smallest absolute Gasteiger partial charge is 0.0572 e. The second kappa shape index (κ2) is 4.56. The van der Waals surface area contributed by atoms with Gasteiger partial charge in [-0.2, -0.15) is 0 Å². The van der Waals surface area contributed by atoms with E-state index in [0.717, 1.165) is 11.1 Å². The predicted molar refractivity (Wildman–Crippen MR) is 68.3 cm³/mol. The molecule has 0 spiro atoms. The molecule has 82 valence electrons. The third-order valence-electron chi connectivity index (χ3n) is 2.54. The Morgan fingerprint density at radius 2 is 1.69 bits per heavy atom. The number of hydrogen-bond donors (Lipinski definition) is 2. The molecular weight excluding hydrogens is 220 g/mol. The lowest BCUT2D eigenvalue weighted by Gasteiger charge is -2.15. The number of halogens is 1. The van der Waals surface area contributed by atoms with Gasteiger partial charge in [-0.15, -0.1) is 0 Å². The van der Waals surface area contributed by atoms with Crippen molar-refractivity contribution in [3.8, 4) is 0 Å². The third-order valence-corrected chi connectivity index (χ3v) is 2.78. The van der Waals surface area contributed by atoms with Crippen molar-refractivity contribution in [1.82, 2.24) is 0 Å². The fraction of sp³-hybridized carbons (Fsp3) is 0.0769. The van der Waals surface area contributed by atoms with Crippen molar-refractivity contribution in [2.75, 3.05) is 5.73 Å². The van der Waals surface area contributed by atoms with Crippen molar-refractivity contribution in [2.45, 2.75) is 6.04 Å². The summed E-state index contributed by atoms with van der Waals surface area (Å²) in [5, 5.41) is 0.649. The quantitative estimate of drug-likeness (QED) is 0.783. The molecule has 0 amide bonds. The van der Waals surface area contributed by atoms with Crippen molar-refractivity contribution < 1.29 is 0 Å². The van der Waals surface area contributed by atoms with E-state index in [-0.39, 0.29) is 6.04 Å². The molecular formula is C13H13ClN2. The highest BCUT2D eigenvalue weighted by atomic mass is 35.5. The zero-order valence-electron chi connectivity index (χ0n) is 8.73. The van der Waals surface area contributed by atoms with Crippen molar-refractivity contribution in [3.63, 3.8) is 0 Å². The molecule has 2 rings (SSSR count). The van der Waals surface area contributed by atoms with E-state index in [1.807, 2.05) is 36.4 Å². The molecule has 0 bridgehead atoms. The Bertz CT molecular complexity index is 483. The molecule has 0 radical (unpaired) electrons. The topological polar surface area (TPSA) is 52.0 Å². The van der Waals surface area contributed by atoms with Crippen LogP contribution in [0.2, 0.25) is 5.02 Å². The van der Waals surface area contributed by atoms with Crippen LogP contribution in [0.1, 0.15) is 17.2 Å². The average Bonchev–Trinajstić information content (AvgIpc) is 2.32. The first-order valence-electron chi connectivity index (χ1n) is 5.04. The van der Waals surface area contributed by atoms with Crippen molar-refractivity contribution >= 4 is 17.3 Å². The maximum absolute atomic E-state index is 6.15. The lowest BCUT2D eigenvalue weighted by Crippen LogP contribution is -2.13. The molecule has 0 unspecified atom stereocenters. The molecule has 0 aliphatic heterocycles. The number of nitrogen functional groups attached to an aromatic ring is 1. The zero-order valence-corrected chi connectivity index (χ0v) is 9.48. The number of nitrogens with two attached hydrogens (primary N) is 2. The zero-order chi connectivity index (χ0) is 11.5. The lowest BCUT2D eigenvalue weighted by atomic mass is 9.98. The highest BCUT2D eigenvalue weighted by Crippen LogP contribution is 2.27. The van der Waals surface area contributed by atoms with E-state index in [9.17, 15) is 0 Å². The highest BCUT2D eigenvalue weighted by molar-refractivity contribution is 6.30. The predicted octanol–water partition coefficient (Wildman–Crippen LogP) is 2.97. The molecule has 16 heavy (non-hydrogen) atoms. The Hall–Kier alpha value is -1.51. The summed E-state index contributed by atoms with van der Waals surface area (Å²) in [6.45, 7) is 0. The Kier molecular flexibility index (Phi) is 3.13. The minimum absolute atomic E-state index is 0.236. The molecule has 0 aliphatic carbocycles. The van der Waals surface area contributed by atoms with Gasteiger partial charge in [0.15, 0.2) is 0 Å². The molecule has 1 atom stereocenters. The minimum atomic E-state index is -0.236. The molecule has 0 saturated heterocycles. The Labute approximate surface area is 99.8 Å². The maximum atomic E-state index is 6.15. The van der Waals surface area contributed by atoms with Crippen molar-refractivity contribution in [3.05, 3.63) is 64.7 Å². The Balaban J connectivity index is 2.41. The standard InChI is InChI=1S/C13H13ClN2/c14-10-6-7-12(15)11(8-10)13(16)9-4-2-1-3-5-9/h1-8,13H,15-16H2/t13-/m1/s1. The van der Waals surface area contributed by atoms with Gasteiger partial charge in [0.05, 0.1) is 6.04 Å². The third kappa shape index (κ3) is 2.18. The SMILES string of the molecule is Nc1ccc(Cl)cc1[C@H](N)c1ccccc1. The van der Waals surface area contributed by atoms with E-state index in [0.29, 0.717) is 10.7 Å². The van der Waals surface area contributed by atoms with E-state index in [1.54, 1.807) is 12.1 Å². The first-order chi connectivity index (χ1) is 7.68. The van der Waals surface area contributed by atoms with Crippen LogP contribution in [-0.2, 0) is 0 Å². The molecule has 4 N–H and O–H groups in total. The Morgan fingerprint density at radius 3 is 2.38 bits per heavy atom. The molecule has 2 aromatic carbocycles. The molecule has 2 nitrogen and oxygen atoms in total. The van der Waals surface area contributed by atoms with Gasteiger partial charge in [0.25, 0.3) is 0 Å². The van der Waals surface area contributed by atoms with E-state index >= 15 is 0 Å². The van der Waals surface area contributed by atoms with Gasteiger partial charge in [0.1, 0.15) is 0 Å². The first-order valence-corrected chi connectivity index (χ1v) is 5.42. The van der Waals surface area contributed by atoms with Crippen LogP contribution in [0.15, 0.2) is 48.5 Å². The molecule has 2 aromatic rings. The van der Waals surface area contributed by atoms with Crippen LogP contribution >= 0.6 is 11.6 Å². The largest absolute Gasteiger partial charge is 0.398 e. The van der Waals surface area contributed by atoms with Gasteiger partial charge in [0, 0.05) is 10.7 Å². The van der Waals surface area contributed by atoms with Crippen LogP contribution in [-0.4, -0.2) is 0 Å². The molecule has 0 saturated carbocycles. The van der Waals surface area contributed by atoms with Gasteiger partial charge in [-0.05, 0) is 29.3 Å². The van der Waals surface area contributed by atoms with Crippen LogP contribution < -0.4 is 11.5 Å². The fourth-order valence-electron chi connectivity index (χ4n) is 1.65. The van der Waals surface area contributed by atoms with Crippen LogP contribution in [0.25, 0.3) is 0 Å². The molecule has 3 heteroatoms. The van der Waals surface area contributed by atoms with Crippen LogP contribution in [0.4, 0.5) is 5.69 Å². The summed E-state index contributed by atoms with van der Waals surface area (Å²) < 4.78 is 0. The summed E-state index contributed by atoms with van der Waals surface area (Å²) in [5.41, 5.74) is 14.6. The number of rotatable bonds is 2. The molecule has 0 heterocycles. The number of anilines is 1. The number of hydrogen-bond acceptors (Lipinski definition) is 2. The molecule has 0 aromatic heterocycles. The van der Waals surface area contributed by atoms with E-state index in [2.05, 4.69) is 0 Å². The number of benzene rings is 2.